The Hall–Kier alpha value is -1.80. The normalized spacial score (nSPS) is 11.6. The predicted molar refractivity (Wildman–Crippen MR) is 102 cm³/mol. The smallest absolute Gasteiger partial charge is 0.242 e. The van der Waals surface area contributed by atoms with Crippen LogP contribution >= 0.6 is 11.6 Å². The summed E-state index contributed by atoms with van der Waals surface area (Å²) in [6.07, 6.45) is 0. The van der Waals surface area contributed by atoms with E-state index in [4.69, 9.17) is 21.1 Å². The summed E-state index contributed by atoms with van der Waals surface area (Å²) in [4.78, 5) is 0.272. The van der Waals surface area contributed by atoms with Crippen molar-refractivity contribution < 1.29 is 17.9 Å². The van der Waals surface area contributed by atoms with Gasteiger partial charge in [0, 0.05) is 27.2 Å². The van der Waals surface area contributed by atoms with Crippen molar-refractivity contribution in [1.29, 1.82) is 0 Å². The molecule has 0 saturated heterocycles. The summed E-state index contributed by atoms with van der Waals surface area (Å²) in [5, 5.41) is 3.79. The van der Waals surface area contributed by atoms with E-state index in [1.807, 2.05) is 12.1 Å². The SMILES string of the molecule is COc1ccc(CNCc2ccc(S(=O)(=O)N(C)C)cc2)c(Cl)c1OC. The van der Waals surface area contributed by atoms with E-state index < -0.39 is 10.0 Å². The minimum atomic E-state index is -3.41. The molecule has 0 heterocycles. The Balaban J connectivity index is 2.03. The van der Waals surface area contributed by atoms with Gasteiger partial charge < -0.3 is 14.8 Å². The Kier molecular flexibility index (Phi) is 6.88. The molecule has 2 aromatic rings. The van der Waals surface area contributed by atoms with Gasteiger partial charge in [0.2, 0.25) is 10.0 Å². The molecule has 142 valence electrons. The average molecular weight is 399 g/mol. The van der Waals surface area contributed by atoms with Crippen LogP contribution < -0.4 is 14.8 Å². The molecule has 0 unspecified atom stereocenters. The van der Waals surface area contributed by atoms with Gasteiger partial charge in [-0.1, -0.05) is 29.8 Å². The number of halogens is 1. The first-order valence-electron chi connectivity index (χ1n) is 7.92. The van der Waals surface area contributed by atoms with E-state index in [9.17, 15) is 8.42 Å². The summed E-state index contributed by atoms with van der Waals surface area (Å²) >= 11 is 6.36. The van der Waals surface area contributed by atoms with E-state index in [0.29, 0.717) is 29.6 Å². The molecule has 0 spiro atoms. The van der Waals surface area contributed by atoms with Crippen LogP contribution in [0.25, 0.3) is 0 Å². The fourth-order valence-corrected chi connectivity index (χ4v) is 3.60. The van der Waals surface area contributed by atoms with Crippen LogP contribution in [0.3, 0.4) is 0 Å². The summed E-state index contributed by atoms with van der Waals surface area (Å²) in [6.45, 7) is 1.11. The second-order valence-electron chi connectivity index (χ2n) is 5.81. The van der Waals surface area contributed by atoms with Crippen molar-refractivity contribution in [3.63, 3.8) is 0 Å². The van der Waals surface area contributed by atoms with Crippen molar-refractivity contribution in [2.24, 2.45) is 0 Å². The van der Waals surface area contributed by atoms with Gasteiger partial charge in [-0.2, -0.15) is 0 Å². The first kappa shape index (κ1) is 20.5. The van der Waals surface area contributed by atoms with Gasteiger partial charge in [0.25, 0.3) is 0 Å². The van der Waals surface area contributed by atoms with Gasteiger partial charge in [0.15, 0.2) is 11.5 Å². The van der Waals surface area contributed by atoms with E-state index >= 15 is 0 Å². The highest BCUT2D eigenvalue weighted by atomic mass is 35.5. The van der Waals surface area contributed by atoms with Gasteiger partial charge in [-0.15, -0.1) is 0 Å². The van der Waals surface area contributed by atoms with Crippen molar-refractivity contribution >= 4 is 21.6 Å². The molecule has 0 atom stereocenters. The lowest BCUT2D eigenvalue weighted by Gasteiger charge is -2.14. The van der Waals surface area contributed by atoms with Crippen molar-refractivity contribution in [3.05, 3.63) is 52.5 Å². The minimum Gasteiger partial charge on any atom is -0.493 e. The van der Waals surface area contributed by atoms with Gasteiger partial charge in [-0.25, -0.2) is 12.7 Å². The molecule has 0 aromatic heterocycles. The van der Waals surface area contributed by atoms with Crippen molar-refractivity contribution in [3.8, 4) is 11.5 Å². The zero-order valence-electron chi connectivity index (χ0n) is 15.2. The maximum atomic E-state index is 12.1. The standard InChI is InChI=1S/C18H23ClN2O4S/c1-21(2)26(22,23)15-8-5-13(6-9-15)11-20-12-14-7-10-16(24-3)18(25-4)17(14)19/h5-10,20H,11-12H2,1-4H3. The topological polar surface area (TPSA) is 67.9 Å². The Bertz CT molecular complexity index is 852. The summed E-state index contributed by atoms with van der Waals surface area (Å²) < 4.78 is 35.8. The highest BCUT2D eigenvalue weighted by molar-refractivity contribution is 7.89. The van der Waals surface area contributed by atoms with Crippen LogP contribution in [0.15, 0.2) is 41.3 Å². The van der Waals surface area contributed by atoms with E-state index in [-0.39, 0.29) is 4.90 Å². The van der Waals surface area contributed by atoms with Crippen LogP contribution in [0.5, 0.6) is 11.5 Å². The lowest BCUT2D eigenvalue weighted by Crippen LogP contribution is -2.22. The number of nitrogens with zero attached hydrogens (tertiary/aromatic N) is 1. The molecule has 0 bridgehead atoms. The Labute approximate surface area is 159 Å². The monoisotopic (exact) mass is 398 g/mol. The summed E-state index contributed by atoms with van der Waals surface area (Å²) in [6, 6.07) is 10.5. The van der Waals surface area contributed by atoms with Crippen LogP contribution in [-0.4, -0.2) is 41.0 Å². The third kappa shape index (κ3) is 4.48. The molecule has 8 heteroatoms. The van der Waals surface area contributed by atoms with Gasteiger partial charge in [0.05, 0.1) is 24.1 Å². The number of ether oxygens (including phenoxy) is 2. The van der Waals surface area contributed by atoms with E-state index in [1.54, 1.807) is 38.5 Å². The second-order valence-corrected chi connectivity index (χ2v) is 8.34. The largest absolute Gasteiger partial charge is 0.493 e. The Morgan fingerprint density at radius 3 is 2.19 bits per heavy atom. The molecule has 0 radical (unpaired) electrons. The summed E-state index contributed by atoms with van der Waals surface area (Å²) in [5.41, 5.74) is 1.86. The lowest BCUT2D eigenvalue weighted by atomic mass is 10.2. The zero-order chi connectivity index (χ0) is 19.3. The maximum absolute atomic E-state index is 12.1. The number of rotatable bonds is 8. The molecule has 2 aromatic carbocycles. The molecular formula is C18H23ClN2O4S. The fourth-order valence-electron chi connectivity index (χ4n) is 2.40. The molecule has 1 N–H and O–H groups in total. The van der Waals surface area contributed by atoms with E-state index in [2.05, 4.69) is 5.32 Å². The number of benzene rings is 2. The first-order chi connectivity index (χ1) is 12.3. The highest BCUT2D eigenvalue weighted by Crippen LogP contribution is 2.37. The number of methoxy groups -OCH3 is 2. The average Bonchev–Trinajstić information content (AvgIpc) is 2.63. The quantitative estimate of drug-likeness (QED) is 0.740. The Morgan fingerprint density at radius 1 is 1.00 bits per heavy atom. The van der Waals surface area contributed by atoms with Crippen molar-refractivity contribution in [2.45, 2.75) is 18.0 Å². The van der Waals surface area contributed by atoms with Gasteiger partial charge in [-0.05, 0) is 29.3 Å². The lowest BCUT2D eigenvalue weighted by molar-refractivity contribution is 0.354. The van der Waals surface area contributed by atoms with Crippen LogP contribution in [0.1, 0.15) is 11.1 Å². The number of hydrogen-bond donors (Lipinski definition) is 1. The number of sulfonamides is 1. The van der Waals surface area contributed by atoms with Crippen LogP contribution in [0.2, 0.25) is 5.02 Å². The third-order valence-electron chi connectivity index (χ3n) is 3.91. The maximum Gasteiger partial charge on any atom is 0.242 e. The first-order valence-corrected chi connectivity index (χ1v) is 9.74. The molecule has 2 rings (SSSR count). The van der Waals surface area contributed by atoms with E-state index in [1.165, 1.54) is 18.4 Å². The summed E-state index contributed by atoms with van der Waals surface area (Å²) in [5.74, 6) is 1.09. The molecule has 0 fully saturated rings. The molecule has 6 nitrogen and oxygen atoms in total. The molecule has 0 amide bonds. The minimum absolute atomic E-state index is 0.272. The van der Waals surface area contributed by atoms with Gasteiger partial charge in [-0.3, -0.25) is 0 Å². The Morgan fingerprint density at radius 2 is 1.65 bits per heavy atom. The van der Waals surface area contributed by atoms with Crippen LogP contribution in [0, 0.1) is 0 Å². The van der Waals surface area contributed by atoms with Gasteiger partial charge >= 0.3 is 0 Å². The molecule has 0 aliphatic rings. The summed E-state index contributed by atoms with van der Waals surface area (Å²) in [7, 11) is 2.72. The predicted octanol–water partition coefficient (Wildman–Crippen LogP) is 2.90. The molecular weight excluding hydrogens is 376 g/mol. The molecule has 0 aliphatic heterocycles. The fraction of sp³-hybridized carbons (Fsp3) is 0.333. The van der Waals surface area contributed by atoms with E-state index in [0.717, 1.165) is 11.1 Å². The van der Waals surface area contributed by atoms with Gasteiger partial charge in [0.1, 0.15) is 0 Å². The number of nitrogens with one attached hydrogen (secondary N) is 1. The number of hydrogen-bond acceptors (Lipinski definition) is 5. The zero-order valence-corrected chi connectivity index (χ0v) is 16.8. The third-order valence-corrected chi connectivity index (χ3v) is 6.16. The molecule has 26 heavy (non-hydrogen) atoms. The second kappa shape index (κ2) is 8.73. The van der Waals surface area contributed by atoms with Crippen molar-refractivity contribution in [2.75, 3.05) is 28.3 Å². The highest BCUT2D eigenvalue weighted by Gasteiger charge is 2.16. The molecule has 0 aliphatic carbocycles. The van der Waals surface area contributed by atoms with Crippen molar-refractivity contribution in [1.82, 2.24) is 9.62 Å². The molecule has 0 saturated carbocycles. The van der Waals surface area contributed by atoms with Crippen LogP contribution in [-0.2, 0) is 23.1 Å². The van der Waals surface area contributed by atoms with Crippen LogP contribution in [0.4, 0.5) is 0 Å².